The Kier molecular flexibility index (Phi) is 2.97. The Morgan fingerprint density at radius 1 is 2.00 bits per heavy atom. The molecule has 0 aliphatic rings. The quantitative estimate of drug-likeness (QED) is 0.293. The smallest absolute Gasteiger partial charge is 0.259 e. The molecule has 3 heteroatoms. The number of rotatable bonds is 1. The summed E-state index contributed by atoms with van der Waals surface area (Å²) in [5.74, 6) is 0. The molecule has 0 saturated heterocycles. The van der Waals surface area contributed by atoms with E-state index in [9.17, 15) is 0 Å². The van der Waals surface area contributed by atoms with Crippen LogP contribution in [0, 0.1) is 0 Å². The first kappa shape index (κ1) is 3.98. The highest BCUT2D eigenvalue weighted by Gasteiger charge is 1.51. The van der Waals surface area contributed by atoms with E-state index >= 15 is 0 Å². The standard InChI is InChI=1S/CH6BNO/c2-4-1-3/h1-3H2. The molecule has 0 heterocycles. The molecule has 0 fully saturated rings. The summed E-state index contributed by atoms with van der Waals surface area (Å²) >= 11 is 0. The topological polar surface area (TPSA) is 35.2 Å². The second-order valence-electron chi connectivity index (χ2n) is 0.455. The van der Waals surface area contributed by atoms with Gasteiger partial charge in [0, 0.05) is 0 Å². The van der Waals surface area contributed by atoms with E-state index in [0.29, 0.717) is 6.73 Å². The molecule has 0 atom stereocenters. The molecule has 0 rings (SSSR count). The highest BCUT2D eigenvalue weighted by atomic mass is 16.4. The molecule has 0 aromatic rings. The van der Waals surface area contributed by atoms with Gasteiger partial charge >= 0.3 is 0 Å². The third kappa shape index (κ3) is 1.98. The van der Waals surface area contributed by atoms with E-state index in [4.69, 9.17) is 5.73 Å². The van der Waals surface area contributed by atoms with Crippen LogP contribution in [0.15, 0.2) is 0 Å². The van der Waals surface area contributed by atoms with Gasteiger partial charge in [0.05, 0.1) is 6.73 Å². The minimum atomic E-state index is 0.319. The lowest BCUT2D eigenvalue weighted by Gasteiger charge is -1.78. The fourth-order valence-corrected chi connectivity index (χ4v) is 0. The van der Waals surface area contributed by atoms with E-state index in [1.165, 1.54) is 0 Å². The van der Waals surface area contributed by atoms with Gasteiger partial charge in [-0.3, -0.25) is 0 Å². The van der Waals surface area contributed by atoms with E-state index in [1.54, 1.807) is 8.05 Å². The van der Waals surface area contributed by atoms with E-state index < -0.39 is 0 Å². The second-order valence-corrected chi connectivity index (χ2v) is 0.455. The molecular weight excluding hydrogens is 52.8 g/mol. The summed E-state index contributed by atoms with van der Waals surface area (Å²) in [6, 6.07) is 0. The van der Waals surface area contributed by atoms with Crippen LogP contribution in [0.3, 0.4) is 0 Å². The third-order valence-corrected chi connectivity index (χ3v) is 0.167. The van der Waals surface area contributed by atoms with Crippen LogP contribution in [0.2, 0.25) is 0 Å². The summed E-state index contributed by atoms with van der Waals surface area (Å²) in [7, 11) is 1.56. The minimum Gasteiger partial charge on any atom is -0.432 e. The predicted octanol–water partition coefficient (Wildman–Crippen LogP) is -1.53. The normalized spacial score (nSPS) is 7.25. The molecule has 0 unspecified atom stereocenters. The molecule has 2 nitrogen and oxygen atoms in total. The zero-order valence-corrected chi connectivity index (χ0v) is 2.69. The van der Waals surface area contributed by atoms with Crippen molar-refractivity contribution in [3.63, 3.8) is 0 Å². The van der Waals surface area contributed by atoms with Crippen LogP contribution in [-0.4, -0.2) is 14.8 Å². The molecule has 0 radical (unpaired) electrons. The van der Waals surface area contributed by atoms with E-state index in [2.05, 4.69) is 4.65 Å². The Bertz CT molecular complexity index is 10.0. The van der Waals surface area contributed by atoms with Crippen LogP contribution in [-0.2, 0) is 4.65 Å². The van der Waals surface area contributed by atoms with Gasteiger partial charge in [-0.1, -0.05) is 0 Å². The molecule has 0 amide bonds. The zero-order valence-electron chi connectivity index (χ0n) is 2.69. The Labute approximate surface area is 26.4 Å². The molecule has 4 heavy (non-hydrogen) atoms. The van der Waals surface area contributed by atoms with Crippen LogP contribution in [0.4, 0.5) is 0 Å². The molecule has 0 aromatic carbocycles. The van der Waals surface area contributed by atoms with Crippen molar-refractivity contribution >= 4 is 8.05 Å². The van der Waals surface area contributed by atoms with Gasteiger partial charge in [0.2, 0.25) is 0 Å². The highest BCUT2D eigenvalue weighted by molar-refractivity contribution is 5.97. The lowest BCUT2D eigenvalue weighted by Crippen LogP contribution is -1.99. The molecule has 0 bridgehead atoms. The van der Waals surface area contributed by atoms with Crippen molar-refractivity contribution < 1.29 is 4.65 Å². The first-order valence-electron chi connectivity index (χ1n) is 1.11. The van der Waals surface area contributed by atoms with Crippen molar-refractivity contribution in [2.24, 2.45) is 5.73 Å². The second kappa shape index (κ2) is 2.98. The van der Waals surface area contributed by atoms with Crippen LogP contribution < -0.4 is 5.73 Å². The summed E-state index contributed by atoms with van der Waals surface area (Å²) in [5, 5.41) is 0. The monoisotopic (exact) mass is 59.1 g/mol. The minimum absolute atomic E-state index is 0.319. The molecule has 0 aliphatic carbocycles. The molecule has 0 aliphatic heterocycles. The molecule has 24 valence electrons. The average Bonchev–Trinajstić information content (AvgIpc) is 1.37. The van der Waals surface area contributed by atoms with Crippen LogP contribution >= 0.6 is 0 Å². The van der Waals surface area contributed by atoms with Gasteiger partial charge in [0.15, 0.2) is 0 Å². The Morgan fingerprint density at radius 2 is 2.25 bits per heavy atom. The maximum absolute atomic E-state index is 4.81. The van der Waals surface area contributed by atoms with E-state index in [0.717, 1.165) is 0 Å². The Balaban J connectivity index is 1.97. The maximum atomic E-state index is 4.81. The predicted molar refractivity (Wildman–Crippen MR) is 18.7 cm³/mol. The first-order valence-corrected chi connectivity index (χ1v) is 1.11. The highest BCUT2D eigenvalue weighted by Crippen LogP contribution is 1.37. The molecule has 0 spiro atoms. The van der Waals surface area contributed by atoms with Crippen LogP contribution in [0.1, 0.15) is 0 Å². The van der Waals surface area contributed by atoms with Gasteiger partial charge in [0.25, 0.3) is 8.05 Å². The van der Waals surface area contributed by atoms with E-state index in [-0.39, 0.29) is 0 Å². The maximum Gasteiger partial charge on any atom is 0.259 e. The number of hydrogen-bond acceptors (Lipinski definition) is 2. The summed E-state index contributed by atoms with van der Waals surface area (Å²) in [6.07, 6.45) is 0. The third-order valence-electron chi connectivity index (χ3n) is 0.167. The molecular formula is CH6BNO. The van der Waals surface area contributed by atoms with Gasteiger partial charge in [-0.05, 0) is 0 Å². The van der Waals surface area contributed by atoms with Crippen molar-refractivity contribution in [2.45, 2.75) is 0 Å². The summed E-state index contributed by atoms with van der Waals surface area (Å²) in [4.78, 5) is 0. The van der Waals surface area contributed by atoms with Gasteiger partial charge in [0.1, 0.15) is 0 Å². The van der Waals surface area contributed by atoms with Crippen molar-refractivity contribution in [1.82, 2.24) is 0 Å². The zero-order chi connectivity index (χ0) is 3.41. The fourth-order valence-electron chi connectivity index (χ4n) is 0. The summed E-state index contributed by atoms with van der Waals surface area (Å²) in [6.45, 7) is 0.319. The SMILES string of the molecule is BOCN. The van der Waals surface area contributed by atoms with Gasteiger partial charge < -0.3 is 10.4 Å². The van der Waals surface area contributed by atoms with Crippen molar-refractivity contribution in [1.29, 1.82) is 0 Å². The van der Waals surface area contributed by atoms with Gasteiger partial charge in [-0.2, -0.15) is 0 Å². The first-order chi connectivity index (χ1) is 1.91. The van der Waals surface area contributed by atoms with E-state index in [1.807, 2.05) is 0 Å². The number of hydrogen-bond donors (Lipinski definition) is 1. The molecule has 0 aromatic heterocycles. The fraction of sp³-hybridized carbons (Fsp3) is 1.00. The van der Waals surface area contributed by atoms with Crippen LogP contribution in [0.25, 0.3) is 0 Å². The van der Waals surface area contributed by atoms with Crippen molar-refractivity contribution in [2.75, 3.05) is 6.73 Å². The Hall–Kier alpha value is -0.0151. The number of nitrogens with two attached hydrogens (primary N) is 1. The lowest BCUT2D eigenvalue weighted by molar-refractivity contribution is 0.363. The molecule has 0 saturated carbocycles. The summed E-state index contributed by atoms with van der Waals surface area (Å²) in [5.41, 5.74) is 4.81. The van der Waals surface area contributed by atoms with Crippen molar-refractivity contribution in [3.05, 3.63) is 0 Å². The van der Waals surface area contributed by atoms with Crippen LogP contribution in [0.5, 0.6) is 0 Å². The molecule has 2 N–H and O–H groups in total. The van der Waals surface area contributed by atoms with Crippen molar-refractivity contribution in [3.8, 4) is 0 Å². The lowest BCUT2D eigenvalue weighted by atomic mass is 10.6. The largest absolute Gasteiger partial charge is 0.432 e. The Morgan fingerprint density at radius 3 is 2.25 bits per heavy atom. The van der Waals surface area contributed by atoms with Gasteiger partial charge in [-0.25, -0.2) is 0 Å². The summed E-state index contributed by atoms with van der Waals surface area (Å²) < 4.78 is 4.32. The van der Waals surface area contributed by atoms with Gasteiger partial charge in [-0.15, -0.1) is 0 Å². The average molecular weight is 58.9 g/mol.